The summed E-state index contributed by atoms with van der Waals surface area (Å²) in [6.07, 6.45) is 7.42. The van der Waals surface area contributed by atoms with Crippen LogP contribution in [0.15, 0.2) is 18.2 Å². The van der Waals surface area contributed by atoms with Crippen LogP contribution in [0.2, 0.25) is 0 Å². The van der Waals surface area contributed by atoms with Gasteiger partial charge in [-0.3, -0.25) is 14.5 Å². The Morgan fingerprint density at radius 1 is 1.00 bits per heavy atom. The van der Waals surface area contributed by atoms with Gasteiger partial charge in [-0.25, -0.2) is 0 Å². The molecule has 0 atom stereocenters. The van der Waals surface area contributed by atoms with Crippen molar-refractivity contribution in [2.24, 2.45) is 5.92 Å². The summed E-state index contributed by atoms with van der Waals surface area (Å²) in [5, 5.41) is 0. The van der Waals surface area contributed by atoms with Gasteiger partial charge in [-0.2, -0.15) is 0 Å². The number of hydrogen-bond acceptors (Lipinski definition) is 4. The number of Topliss-reactive ketones (excluding diaryl/α,β-unsaturated/α-hetero) is 1. The number of nitrogens with zero attached hydrogens (tertiary/aromatic N) is 3. The van der Waals surface area contributed by atoms with Gasteiger partial charge < -0.3 is 9.80 Å². The number of benzene rings is 1. The van der Waals surface area contributed by atoms with E-state index in [1.807, 2.05) is 0 Å². The summed E-state index contributed by atoms with van der Waals surface area (Å²) in [4.78, 5) is 30.6. The van der Waals surface area contributed by atoms with E-state index in [4.69, 9.17) is 0 Å². The van der Waals surface area contributed by atoms with Gasteiger partial charge in [0.1, 0.15) is 0 Å². The van der Waals surface area contributed by atoms with Gasteiger partial charge in [0.2, 0.25) is 5.78 Å². The number of likely N-dealkylation sites (tertiary alicyclic amines) is 1. The third-order valence-electron chi connectivity index (χ3n) is 7.15. The average molecular weight is 398 g/mol. The monoisotopic (exact) mass is 397 g/mol. The molecule has 0 bridgehead atoms. The maximum Gasteiger partial charge on any atom is 0.289 e. The van der Waals surface area contributed by atoms with Crippen LogP contribution in [-0.2, 0) is 22.4 Å². The van der Waals surface area contributed by atoms with Crippen molar-refractivity contribution in [3.05, 3.63) is 29.3 Å². The molecule has 1 amide bonds. The summed E-state index contributed by atoms with van der Waals surface area (Å²) in [5.41, 5.74) is 4.65. The summed E-state index contributed by atoms with van der Waals surface area (Å²) in [5.74, 6) is 0.172. The molecule has 0 spiro atoms. The smallest absolute Gasteiger partial charge is 0.289 e. The van der Waals surface area contributed by atoms with Crippen LogP contribution in [0.3, 0.4) is 0 Å². The molecule has 1 aliphatic carbocycles. The highest BCUT2D eigenvalue weighted by molar-refractivity contribution is 6.35. The maximum absolute atomic E-state index is 12.0. The summed E-state index contributed by atoms with van der Waals surface area (Å²) in [6, 6.07) is 6.86. The first kappa shape index (κ1) is 20.4. The number of fused-ring (bicyclic) bond motifs is 1. The van der Waals surface area contributed by atoms with Gasteiger partial charge in [-0.15, -0.1) is 0 Å². The third kappa shape index (κ3) is 4.66. The molecule has 2 fully saturated rings. The molecule has 0 unspecified atom stereocenters. The van der Waals surface area contributed by atoms with E-state index < -0.39 is 0 Å². The molecule has 158 valence electrons. The fourth-order valence-electron chi connectivity index (χ4n) is 5.23. The number of piperazine rings is 1. The van der Waals surface area contributed by atoms with Gasteiger partial charge in [0, 0.05) is 51.4 Å². The second-order valence-electron chi connectivity index (χ2n) is 8.90. The van der Waals surface area contributed by atoms with Gasteiger partial charge >= 0.3 is 0 Å². The Labute approximate surface area is 175 Å². The summed E-state index contributed by atoms with van der Waals surface area (Å²) < 4.78 is 0. The number of carbonyl (C=O) groups excluding carboxylic acids is 2. The molecule has 3 aliphatic rings. The van der Waals surface area contributed by atoms with Crippen LogP contribution in [0.25, 0.3) is 0 Å². The molecule has 2 aliphatic heterocycles. The standard InChI is InChI=1S/C24H35N3O2/c1-2-23(28)24(29)27-13-10-19(11-14-27)9-12-25-15-17-26(18-16-25)22-8-4-6-20-5-3-7-21(20)22/h4,6,8,19H,2-3,5,7,9-18H2,1H3. The first-order valence-electron chi connectivity index (χ1n) is 11.6. The summed E-state index contributed by atoms with van der Waals surface area (Å²) in [7, 11) is 0. The molecular weight excluding hydrogens is 362 g/mol. The van der Waals surface area contributed by atoms with Crippen LogP contribution in [0.1, 0.15) is 50.2 Å². The molecule has 1 aromatic carbocycles. The first-order chi connectivity index (χ1) is 14.2. The van der Waals surface area contributed by atoms with Crippen LogP contribution in [0.5, 0.6) is 0 Å². The van der Waals surface area contributed by atoms with Crippen molar-refractivity contribution in [1.29, 1.82) is 0 Å². The second kappa shape index (κ2) is 9.29. The molecule has 2 saturated heterocycles. The molecule has 5 nitrogen and oxygen atoms in total. The number of aryl methyl sites for hydroxylation is 1. The van der Waals surface area contributed by atoms with E-state index in [1.54, 1.807) is 23.0 Å². The van der Waals surface area contributed by atoms with Crippen molar-refractivity contribution < 1.29 is 9.59 Å². The minimum absolute atomic E-state index is 0.245. The van der Waals surface area contributed by atoms with Gasteiger partial charge in [-0.1, -0.05) is 19.1 Å². The highest BCUT2D eigenvalue weighted by atomic mass is 16.2. The molecule has 2 heterocycles. The van der Waals surface area contributed by atoms with E-state index in [0.717, 1.165) is 58.7 Å². The predicted molar refractivity (Wildman–Crippen MR) is 116 cm³/mol. The SMILES string of the molecule is CCC(=O)C(=O)N1CCC(CCN2CCN(c3cccc4c3CCC4)CC2)CC1. The zero-order valence-corrected chi connectivity index (χ0v) is 17.9. The van der Waals surface area contributed by atoms with Crippen molar-refractivity contribution in [3.8, 4) is 0 Å². The number of carbonyl (C=O) groups is 2. The van der Waals surface area contributed by atoms with Crippen LogP contribution in [-0.4, -0.2) is 67.3 Å². The minimum atomic E-state index is -0.269. The lowest BCUT2D eigenvalue weighted by atomic mass is 9.93. The molecule has 0 N–H and O–H groups in total. The van der Waals surface area contributed by atoms with Crippen molar-refractivity contribution in [3.63, 3.8) is 0 Å². The second-order valence-corrected chi connectivity index (χ2v) is 8.90. The molecule has 4 rings (SSSR count). The largest absolute Gasteiger partial charge is 0.369 e. The highest BCUT2D eigenvalue weighted by Crippen LogP contribution is 2.32. The molecule has 0 aromatic heterocycles. The molecular formula is C24H35N3O2. The number of rotatable bonds is 6. The van der Waals surface area contributed by atoms with Crippen molar-refractivity contribution >= 4 is 17.4 Å². The van der Waals surface area contributed by atoms with E-state index >= 15 is 0 Å². The van der Waals surface area contributed by atoms with E-state index in [0.29, 0.717) is 12.3 Å². The fraction of sp³-hybridized carbons (Fsp3) is 0.667. The lowest BCUT2D eigenvalue weighted by Crippen LogP contribution is -2.47. The molecule has 5 heteroatoms. The van der Waals surface area contributed by atoms with E-state index in [-0.39, 0.29) is 11.7 Å². The summed E-state index contributed by atoms with van der Waals surface area (Å²) in [6.45, 7) is 8.97. The maximum atomic E-state index is 12.0. The highest BCUT2D eigenvalue weighted by Gasteiger charge is 2.27. The molecule has 1 aromatic rings. The van der Waals surface area contributed by atoms with Gasteiger partial charge in [0.05, 0.1) is 0 Å². The van der Waals surface area contributed by atoms with Crippen molar-refractivity contribution in [2.75, 3.05) is 50.7 Å². The Kier molecular flexibility index (Phi) is 6.53. The lowest BCUT2D eigenvalue weighted by molar-refractivity contribution is -0.145. The zero-order chi connectivity index (χ0) is 20.2. The van der Waals surface area contributed by atoms with E-state index in [1.165, 1.54) is 31.4 Å². The normalized spacial score (nSPS) is 20.7. The van der Waals surface area contributed by atoms with Crippen LogP contribution in [0.4, 0.5) is 5.69 Å². The zero-order valence-electron chi connectivity index (χ0n) is 17.9. The van der Waals surface area contributed by atoms with Crippen molar-refractivity contribution in [1.82, 2.24) is 9.80 Å². The number of piperidine rings is 1. The molecule has 0 radical (unpaired) electrons. The Hall–Kier alpha value is -1.88. The molecule has 0 saturated carbocycles. The van der Waals surface area contributed by atoms with Gasteiger partial charge in [0.25, 0.3) is 5.91 Å². The van der Waals surface area contributed by atoms with Crippen LogP contribution >= 0.6 is 0 Å². The van der Waals surface area contributed by atoms with Gasteiger partial charge in [0.15, 0.2) is 0 Å². The van der Waals surface area contributed by atoms with E-state index in [9.17, 15) is 9.59 Å². The quantitative estimate of drug-likeness (QED) is 0.693. The summed E-state index contributed by atoms with van der Waals surface area (Å²) >= 11 is 0. The number of hydrogen-bond donors (Lipinski definition) is 0. The van der Waals surface area contributed by atoms with Crippen molar-refractivity contribution in [2.45, 2.75) is 51.9 Å². The Balaban J connectivity index is 1.19. The van der Waals surface area contributed by atoms with Crippen LogP contribution in [0, 0.1) is 5.92 Å². The first-order valence-corrected chi connectivity index (χ1v) is 11.6. The Morgan fingerprint density at radius 2 is 1.76 bits per heavy atom. The van der Waals surface area contributed by atoms with Crippen LogP contribution < -0.4 is 4.90 Å². The Morgan fingerprint density at radius 3 is 2.48 bits per heavy atom. The molecule has 29 heavy (non-hydrogen) atoms. The topological polar surface area (TPSA) is 43.9 Å². The Bertz CT molecular complexity index is 732. The number of amides is 1. The average Bonchev–Trinajstić information content (AvgIpc) is 3.26. The number of ketones is 1. The number of anilines is 1. The van der Waals surface area contributed by atoms with E-state index in [2.05, 4.69) is 28.0 Å². The minimum Gasteiger partial charge on any atom is -0.369 e. The third-order valence-corrected chi connectivity index (χ3v) is 7.15. The predicted octanol–water partition coefficient (Wildman–Crippen LogP) is 2.91. The van der Waals surface area contributed by atoms with Gasteiger partial charge in [-0.05, 0) is 68.2 Å². The fourth-order valence-corrected chi connectivity index (χ4v) is 5.23. The lowest BCUT2D eigenvalue weighted by Gasteiger charge is -2.38.